The molecule has 0 aliphatic heterocycles. The summed E-state index contributed by atoms with van der Waals surface area (Å²) in [6.45, 7) is 4.70. The molecule has 0 aromatic rings. The van der Waals surface area contributed by atoms with Crippen LogP contribution in [0.1, 0.15) is 58.8 Å². The monoisotopic (exact) mass is 360 g/mol. The van der Waals surface area contributed by atoms with Gasteiger partial charge in [-0.2, -0.15) is 0 Å². The molecular weight excluding hydrogens is 331 g/mol. The van der Waals surface area contributed by atoms with Crippen molar-refractivity contribution in [3.05, 3.63) is 0 Å². The first-order valence-electron chi connectivity index (χ1n) is 7.86. The topological polar surface area (TPSA) is 113 Å². The molecule has 0 saturated carbocycles. The van der Waals surface area contributed by atoms with Gasteiger partial charge in [-0.3, -0.25) is 4.52 Å². The van der Waals surface area contributed by atoms with E-state index in [0.29, 0.717) is 6.61 Å². The highest BCUT2D eigenvalue weighted by atomic mass is 31.2. The van der Waals surface area contributed by atoms with Crippen LogP contribution in [0.2, 0.25) is 0 Å². The summed E-state index contributed by atoms with van der Waals surface area (Å²) in [4.78, 5) is 26.0. The molecule has 0 saturated heterocycles. The van der Waals surface area contributed by atoms with E-state index in [1.165, 1.54) is 25.7 Å². The predicted octanol–water partition coefficient (Wildman–Crippen LogP) is 3.23. The van der Waals surface area contributed by atoms with Crippen molar-refractivity contribution in [2.24, 2.45) is 5.92 Å². The van der Waals surface area contributed by atoms with E-state index in [1.807, 2.05) is 0 Å². The van der Waals surface area contributed by atoms with Gasteiger partial charge in [0.25, 0.3) is 0 Å². The second-order valence-electron chi connectivity index (χ2n) is 5.48. The van der Waals surface area contributed by atoms with E-state index in [-0.39, 0.29) is 19.6 Å². The molecule has 0 aliphatic rings. The van der Waals surface area contributed by atoms with Crippen LogP contribution in [0.25, 0.3) is 0 Å². The molecule has 2 N–H and O–H groups in total. The molecule has 0 spiro atoms. The van der Waals surface area contributed by atoms with Crippen molar-refractivity contribution >= 4 is 7.82 Å². The molecule has 10 heteroatoms. The van der Waals surface area contributed by atoms with E-state index < -0.39 is 7.82 Å². The van der Waals surface area contributed by atoms with Crippen LogP contribution in [-0.4, -0.2) is 29.6 Å². The summed E-state index contributed by atoms with van der Waals surface area (Å²) in [6.07, 6.45) is 7.10. The third kappa shape index (κ3) is 21.9. The summed E-state index contributed by atoms with van der Waals surface area (Å²) in [5, 5.41) is 12.5. The number of hydrogen-bond donors (Lipinski definition) is 2. The first-order valence-corrected chi connectivity index (χ1v) is 9.39. The SMILES string of the molecule is CC(C)CCCCCCCOOOOOCCCOP(=O)(O)O. The number of unbranched alkanes of at least 4 members (excludes halogenated alkanes) is 4. The zero-order chi connectivity index (χ0) is 17.4. The molecule has 0 aromatic heterocycles. The Morgan fingerprint density at radius 1 is 0.783 bits per heavy atom. The van der Waals surface area contributed by atoms with E-state index in [2.05, 4.69) is 38.4 Å². The van der Waals surface area contributed by atoms with Gasteiger partial charge in [-0.15, -0.1) is 0 Å². The summed E-state index contributed by atoms with van der Waals surface area (Å²) >= 11 is 0. The Hall–Kier alpha value is -0.0900. The summed E-state index contributed by atoms with van der Waals surface area (Å²) in [5.74, 6) is 0.768. The molecule has 140 valence electrons. The van der Waals surface area contributed by atoms with E-state index in [9.17, 15) is 4.57 Å². The lowest BCUT2D eigenvalue weighted by atomic mass is 10.0. The summed E-state index contributed by atoms with van der Waals surface area (Å²) in [6, 6.07) is 0. The smallest absolute Gasteiger partial charge is 0.303 e. The standard InChI is InChI=1S/C13H29O9P/c1-13(2)9-6-4-3-5-7-10-17-20-22-21-18-11-8-12-19-23(14,15)16/h13H,3-12H2,1-2H3,(H2,14,15,16). The highest BCUT2D eigenvalue weighted by Gasteiger charge is 2.12. The highest BCUT2D eigenvalue weighted by Crippen LogP contribution is 2.35. The predicted molar refractivity (Wildman–Crippen MR) is 80.3 cm³/mol. The molecular formula is C13H29O9P. The zero-order valence-corrected chi connectivity index (χ0v) is 14.7. The Morgan fingerprint density at radius 3 is 1.96 bits per heavy atom. The molecule has 0 aliphatic carbocycles. The summed E-state index contributed by atoms with van der Waals surface area (Å²) in [7, 11) is -4.43. The van der Waals surface area contributed by atoms with Crippen molar-refractivity contribution in [2.75, 3.05) is 19.8 Å². The third-order valence-corrected chi connectivity index (χ3v) is 3.31. The average Bonchev–Trinajstić information content (AvgIpc) is 2.45. The lowest BCUT2D eigenvalue weighted by Gasteiger charge is -2.05. The number of hydrogen-bond acceptors (Lipinski definition) is 7. The molecule has 0 atom stereocenters. The lowest BCUT2D eigenvalue weighted by Crippen LogP contribution is -2.04. The highest BCUT2D eigenvalue weighted by molar-refractivity contribution is 7.46. The fraction of sp³-hybridized carbons (Fsp3) is 1.00. The molecule has 0 amide bonds. The Morgan fingerprint density at radius 2 is 1.35 bits per heavy atom. The maximum absolute atomic E-state index is 10.3. The van der Waals surface area contributed by atoms with Gasteiger partial charge in [-0.1, -0.05) is 46.0 Å². The van der Waals surface area contributed by atoms with E-state index >= 15 is 0 Å². The second-order valence-corrected chi connectivity index (χ2v) is 6.72. The first-order chi connectivity index (χ1) is 10.9. The van der Waals surface area contributed by atoms with Gasteiger partial charge in [0, 0.05) is 0 Å². The molecule has 0 heterocycles. The summed E-state index contributed by atoms with van der Waals surface area (Å²) < 4.78 is 14.5. The summed E-state index contributed by atoms with van der Waals surface area (Å²) in [5.41, 5.74) is 0. The molecule has 0 bridgehead atoms. The minimum absolute atomic E-state index is 0.0136. The average molecular weight is 360 g/mol. The van der Waals surface area contributed by atoms with Gasteiger partial charge in [-0.05, 0) is 33.9 Å². The molecule has 0 unspecified atom stereocenters. The normalized spacial score (nSPS) is 12.2. The van der Waals surface area contributed by atoms with Gasteiger partial charge >= 0.3 is 7.82 Å². The van der Waals surface area contributed by atoms with E-state index in [0.717, 1.165) is 18.8 Å². The van der Waals surface area contributed by atoms with Crippen molar-refractivity contribution in [2.45, 2.75) is 58.8 Å². The van der Waals surface area contributed by atoms with Crippen LogP contribution in [0.5, 0.6) is 0 Å². The van der Waals surface area contributed by atoms with E-state index in [1.54, 1.807) is 0 Å². The Balaban J connectivity index is 3.04. The Labute approximate surface area is 137 Å². The molecule has 9 nitrogen and oxygen atoms in total. The molecule has 0 radical (unpaired) electrons. The van der Waals surface area contributed by atoms with Gasteiger partial charge < -0.3 is 9.79 Å². The zero-order valence-electron chi connectivity index (χ0n) is 13.8. The van der Waals surface area contributed by atoms with Crippen molar-refractivity contribution in [3.63, 3.8) is 0 Å². The first kappa shape index (κ1) is 22.9. The third-order valence-electron chi connectivity index (χ3n) is 2.79. The number of phosphoric ester groups is 1. The van der Waals surface area contributed by atoms with Gasteiger partial charge in [0.2, 0.25) is 0 Å². The van der Waals surface area contributed by atoms with Gasteiger partial charge in [-0.25, -0.2) is 14.3 Å². The van der Waals surface area contributed by atoms with Gasteiger partial charge in [0.15, 0.2) is 0 Å². The van der Waals surface area contributed by atoms with Gasteiger partial charge in [0.05, 0.1) is 19.8 Å². The van der Waals surface area contributed by atoms with Crippen LogP contribution >= 0.6 is 7.82 Å². The minimum atomic E-state index is -4.43. The minimum Gasteiger partial charge on any atom is -0.303 e. The Bertz CT molecular complexity index is 295. The fourth-order valence-electron chi connectivity index (χ4n) is 1.66. The van der Waals surface area contributed by atoms with Crippen LogP contribution in [0.4, 0.5) is 0 Å². The lowest BCUT2D eigenvalue weighted by molar-refractivity contribution is -0.708. The maximum atomic E-state index is 10.3. The quantitative estimate of drug-likeness (QED) is 0.175. The second kappa shape index (κ2) is 15.4. The van der Waals surface area contributed by atoms with Gasteiger partial charge in [0.1, 0.15) is 0 Å². The number of rotatable bonds is 17. The van der Waals surface area contributed by atoms with Crippen molar-refractivity contribution in [1.82, 2.24) is 0 Å². The van der Waals surface area contributed by atoms with E-state index in [4.69, 9.17) is 14.7 Å². The molecule has 23 heavy (non-hydrogen) atoms. The van der Waals surface area contributed by atoms with Crippen molar-refractivity contribution in [3.8, 4) is 0 Å². The molecule has 0 rings (SSSR count). The van der Waals surface area contributed by atoms with Crippen LogP contribution in [0.3, 0.4) is 0 Å². The number of phosphoric acid groups is 1. The fourth-order valence-corrected chi connectivity index (χ4v) is 2.03. The largest absolute Gasteiger partial charge is 0.469 e. The van der Waals surface area contributed by atoms with Crippen LogP contribution < -0.4 is 0 Å². The van der Waals surface area contributed by atoms with Crippen LogP contribution in [0, 0.1) is 5.92 Å². The van der Waals surface area contributed by atoms with Crippen LogP contribution in [0.15, 0.2) is 0 Å². The molecule has 0 aromatic carbocycles. The maximum Gasteiger partial charge on any atom is 0.469 e. The van der Waals surface area contributed by atoms with Crippen molar-refractivity contribution < 1.29 is 43.8 Å². The Kier molecular flexibility index (Phi) is 15.4. The van der Waals surface area contributed by atoms with Crippen LogP contribution in [-0.2, 0) is 34.0 Å². The molecule has 0 fully saturated rings. The van der Waals surface area contributed by atoms with Crippen molar-refractivity contribution in [1.29, 1.82) is 0 Å².